The van der Waals surface area contributed by atoms with E-state index in [1.54, 1.807) is 27.7 Å². The first-order chi connectivity index (χ1) is 6.73. The summed E-state index contributed by atoms with van der Waals surface area (Å²) in [5, 5.41) is 19.3. The minimum atomic E-state index is -0.621. The van der Waals surface area contributed by atoms with Crippen molar-refractivity contribution >= 4 is 5.78 Å². The molecule has 0 aromatic heterocycles. The molecular formula is C12H16O3. The standard InChI is InChI=1S/C12H16O3/c1-7-5-8(13)10(9(14)6-7)11(15)12(2,3)4/h5-6,13-14H,1-4H3. The van der Waals surface area contributed by atoms with Crippen LogP contribution in [0.15, 0.2) is 12.1 Å². The number of hydrogen-bond acceptors (Lipinski definition) is 3. The van der Waals surface area contributed by atoms with Crippen molar-refractivity contribution in [3.8, 4) is 11.5 Å². The quantitative estimate of drug-likeness (QED) is 0.697. The second-order valence-electron chi connectivity index (χ2n) is 4.76. The molecule has 3 heteroatoms. The molecule has 0 heterocycles. The number of benzene rings is 1. The fraction of sp³-hybridized carbons (Fsp3) is 0.417. The Hall–Kier alpha value is -1.51. The summed E-state index contributed by atoms with van der Waals surface area (Å²) in [4.78, 5) is 11.9. The van der Waals surface area contributed by atoms with E-state index in [0.29, 0.717) is 0 Å². The van der Waals surface area contributed by atoms with Gasteiger partial charge in [-0.15, -0.1) is 0 Å². The summed E-state index contributed by atoms with van der Waals surface area (Å²) in [5.74, 6) is -0.586. The summed E-state index contributed by atoms with van der Waals surface area (Å²) >= 11 is 0. The van der Waals surface area contributed by atoms with Crippen LogP contribution < -0.4 is 0 Å². The topological polar surface area (TPSA) is 57.5 Å². The van der Waals surface area contributed by atoms with Crippen LogP contribution in [0.2, 0.25) is 0 Å². The largest absolute Gasteiger partial charge is 0.507 e. The molecule has 0 bridgehead atoms. The lowest BCUT2D eigenvalue weighted by Gasteiger charge is -2.18. The summed E-state index contributed by atoms with van der Waals surface area (Å²) < 4.78 is 0. The molecule has 1 aromatic carbocycles. The fourth-order valence-corrected chi connectivity index (χ4v) is 1.36. The monoisotopic (exact) mass is 208 g/mol. The highest BCUT2D eigenvalue weighted by Crippen LogP contribution is 2.34. The molecule has 2 N–H and O–H groups in total. The number of hydrogen-bond donors (Lipinski definition) is 2. The van der Waals surface area contributed by atoms with Crippen LogP contribution in [0.4, 0.5) is 0 Å². The lowest BCUT2D eigenvalue weighted by molar-refractivity contribution is 0.0852. The third-order valence-corrected chi connectivity index (χ3v) is 2.15. The summed E-state index contributed by atoms with van der Waals surface area (Å²) in [7, 11) is 0. The van der Waals surface area contributed by atoms with Crippen molar-refractivity contribution in [3.63, 3.8) is 0 Å². The molecule has 0 saturated heterocycles. The average molecular weight is 208 g/mol. The Labute approximate surface area is 89.4 Å². The number of carbonyl (C=O) groups excluding carboxylic acids is 1. The summed E-state index contributed by atoms with van der Waals surface area (Å²) in [5.41, 5.74) is 0.105. The van der Waals surface area contributed by atoms with Gasteiger partial charge in [0, 0.05) is 5.41 Å². The SMILES string of the molecule is Cc1cc(O)c(C(=O)C(C)(C)C)c(O)c1. The van der Waals surface area contributed by atoms with Gasteiger partial charge in [-0.2, -0.15) is 0 Å². The zero-order valence-corrected chi connectivity index (χ0v) is 9.46. The Morgan fingerprint density at radius 3 is 1.87 bits per heavy atom. The molecular weight excluding hydrogens is 192 g/mol. The molecule has 0 amide bonds. The van der Waals surface area contributed by atoms with Crippen LogP contribution in [-0.4, -0.2) is 16.0 Å². The van der Waals surface area contributed by atoms with Gasteiger partial charge in [0.2, 0.25) is 0 Å². The highest BCUT2D eigenvalue weighted by atomic mass is 16.3. The van der Waals surface area contributed by atoms with Gasteiger partial charge >= 0.3 is 0 Å². The first kappa shape index (κ1) is 11.6. The van der Waals surface area contributed by atoms with Crippen LogP contribution in [0, 0.1) is 12.3 Å². The molecule has 0 saturated carbocycles. The normalized spacial score (nSPS) is 11.5. The van der Waals surface area contributed by atoms with Gasteiger partial charge in [0.1, 0.15) is 17.1 Å². The predicted octanol–water partition coefficient (Wildman–Crippen LogP) is 2.64. The summed E-state index contributed by atoms with van der Waals surface area (Å²) in [6.45, 7) is 6.97. The van der Waals surface area contributed by atoms with E-state index >= 15 is 0 Å². The van der Waals surface area contributed by atoms with Gasteiger partial charge in [-0.3, -0.25) is 4.79 Å². The maximum absolute atomic E-state index is 11.9. The van der Waals surface area contributed by atoms with Crippen molar-refractivity contribution in [2.75, 3.05) is 0 Å². The van der Waals surface area contributed by atoms with Crippen molar-refractivity contribution in [3.05, 3.63) is 23.3 Å². The lowest BCUT2D eigenvalue weighted by Crippen LogP contribution is -2.20. The number of rotatable bonds is 1. The minimum absolute atomic E-state index is 0.00750. The molecule has 0 spiro atoms. The number of aryl methyl sites for hydroxylation is 1. The van der Waals surface area contributed by atoms with E-state index in [1.807, 2.05) is 0 Å². The number of phenols is 2. The second-order valence-corrected chi connectivity index (χ2v) is 4.76. The van der Waals surface area contributed by atoms with E-state index in [4.69, 9.17) is 0 Å². The summed E-state index contributed by atoms with van der Waals surface area (Å²) in [6.07, 6.45) is 0. The lowest BCUT2D eigenvalue weighted by atomic mass is 9.85. The van der Waals surface area contributed by atoms with Crippen molar-refractivity contribution in [2.45, 2.75) is 27.7 Å². The minimum Gasteiger partial charge on any atom is -0.507 e. The molecule has 0 unspecified atom stereocenters. The number of ketones is 1. The van der Waals surface area contributed by atoms with Crippen LogP contribution in [0.25, 0.3) is 0 Å². The van der Waals surface area contributed by atoms with E-state index in [0.717, 1.165) is 5.56 Å². The van der Waals surface area contributed by atoms with Crippen LogP contribution in [0.5, 0.6) is 11.5 Å². The van der Waals surface area contributed by atoms with Gasteiger partial charge in [-0.05, 0) is 24.6 Å². The van der Waals surface area contributed by atoms with Crippen molar-refractivity contribution in [1.29, 1.82) is 0 Å². The highest BCUT2D eigenvalue weighted by Gasteiger charge is 2.28. The molecule has 0 aliphatic heterocycles. The zero-order chi connectivity index (χ0) is 11.8. The van der Waals surface area contributed by atoms with E-state index in [9.17, 15) is 15.0 Å². The Morgan fingerprint density at radius 1 is 1.13 bits per heavy atom. The van der Waals surface area contributed by atoms with Gasteiger partial charge in [-0.1, -0.05) is 20.8 Å². The number of carbonyl (C=O) groups is 1. The van der Waals surface area contributed by atoms with E-state index in [1.165, 1.54) is 12.1 Å². The number of phenolic OH excluding ortho intramolecular Hbond substituents is 2. The van der Waals surface area contributed by atoms with E-state index in [-0.39, 0.29) is 22.8 Å². The molecule has 0 radical (unpaired) electrons. The van der Waals surface area contributed by atoms with Gasteiger partial charge in [0.15, 0.2) is 5.78 Å². The van der Waals surface area contributed by atoms with Gasteiger partial charge < -0.3 is 10.2 Å². The van der Waals surface area contributed by atoms with Crippen molar-refractivity contribution in [1.82, 2.24) is 0 Å². The van der Waals surface area contributed by atoms with Gasteiger partial charge in [-0.25, -0.2) is 0 Å². The van der Waals surface area contributed by atoms with E-state index in [2.05, 4.69) is 0 Å². The smallest absolute Gasteiger partial charge is 0.175 e. The van der Waals surface area contributed by atoms with Crippen LogP contribution >= 0.6 is 0 Å². The average Bonchev–Trinajstić information content (AvgIpc) is 1.99. The molecule has 82 valence electrons. The molecule has 3 nitrogen and oxygen atoms in total. The molecule has 0 atom stereocenters. The Kier molecular flexibility index (Phi) is 2.75. The fourth-order valence-electron chi connectivity index (χ4n) is 1.36. The van der Waals surface area contributed by atoms with Crippen LogP contribution in [0.1, 0.15) is 36.7 Å². The predicted molar refractivity (Wildman–Crippen MR) is 58.3 cm³/mol. The Balaban J connectivity index is 3.33. The molecule has 0 aliphatic rings. The number of Topliss-reactive ketones (excluding diaryl/α,β-unsaturated/α-hetero) is 1. The van der Waals surface area contributed by atoms with Crippen molar-refractivity contribution < 1.29 is 15.0 Å². The maximum atomic E-state index is 11.9. The third-order valence-electron chi connectivity index (χ3n) is 2.15. The maximum Gasteiger partial charge on any atom is 0.175 e. The van der Waals surface area contributed by atoms with Crippen molar-refractivity contribution in [2.24, 2.45) is 5.41 Å². The molecule has 0 fully saturated rings. The third kappa shape index (κ3) is 2.29. The molecule has 15 heavy (non-hydrogen) atoms. The van der Waals surface area contributed by atoms with Crippen LogP contribution in [0.3, 0.4) is 0 Å². The van der Waals surface area contributed by atoms with Gasteiger partial charge in [0.05, 0.1) is 0 Å². The summed E-state index contributed by atoms with van der Waals surface area (Å²) in [6, 6.07) is 2.94. The Bertz CT molecular complexity index is 377. The second kappa shape index (κ2) is 3.57. The Morgan fingerprint density at radius 2 is 1.53 bits per heavy atom. The first-order valence-electron chi connectivity index (χ1n) is 4.81. The first-order valence-corrected chi connectivity index (χ1v) is 4.81. The molecule has 0 aliphatic carbocycles. The molecule has 1 aromatic rings. The van der Waals surface area contributed by atoms with E-state index < -0.39 is 5.41 Å². The highest BCUT2D eigenvalue weighted by molar-refractivity contribution is 6.04. The molecule has 1 rings (SSSR count). The van der Waals surface area contributed by atoms with Crippen LogP contribution in [-0.2, 0) is 0 Å². The zero-order valence-electron chi connectivity index (χ0n) is 9.46. The number of aromatic hydroxyl groups is 2. The van der Waals surface area contributed by atoms with Gasteiger partial charge in [0.25, 0.3) is 0 Å².